The Morgan fingerprint density at radius 2 is 2.05 bits per heavy atom. The van der Waals surface area contributed by atoms with Gasteiger partial charge in [-0.25, -0.2) is 9.97 Å². The summed E-state index contributed by atoms with van der Waals surface area (Å²) in [5, 5.41) is 11.6. The first kappa shape index (κ1) is 11.4. The SMILES string of the molecule is NCCn1cc(-c2nc(-c3ncccn3)no2)nn1. The van der Waals surface area contributed by atoms with E-state index in [-0.39, 0.29) is 5.89 Å². The smallest absolute Gasteiger partial charge is 0.280 e. The topological polar surface area (TPSA) is 121 Å². The first-order chi connectivity index (χ1) is 9.36. The van der Waals surface area contributed by atoms with Crippen LogP contribution in [0.4, 0.5) is 0 Å². The van der Waals surface area contributed by atoms with Gasteiger partial charge in [0.1, 0.15) is 0 Å². The summed E-state index contributed by atoms with van der Waals surface area (Å²) in [5.41, 5.74) is 5.92. The Morgan fingerprint density at radius 3 is 2.84 bits per heavy atom. The van der Waals surface area contributed by atoms with Crippen molar-refractivity contribution >= 4 is 0 Å². The minimum atomic E-state index is 0.269. The molecule has 0 aliphatic carbocycles. The highest BCUT2D eigenvalue weighted by atomic mass is 16.5. The summed E-state index contributed by atoms with van der Waals surface area (Å²) in [7, 11) is 0. The molecule has 0 atom stereocenters. The van der Waals surface area contributed by atoms with E-state index in [2.05, 4.69) is 30.4 Å². The lowest BCUT2D eigenvalue weighted by molar-refractivity contribution is 0.430. The van der Waals surface area contributed by atoms with Crippen LogP contribution < -0.4 is 5.73 Å². The molecule has 0 aromatic carbocycles. The number of nitrogens with zero attached hydrogens (tertiary/aromatic N) is 7. The fraction of sp³-hybridized carbons (Fsp3) is 0.200. The van der Waals surface area contributed by atoms with Gasteiger partial charge in [-0.15, -0.1) is 5.10 Å². The quantitative estimate of drug-likeness (QED) is 0.679. The minimum absolute atomic E-state index is 0.269. The summed E-state index contributed by atoms with van der Waals surface area (Å²) in [5.74, 6) is 0.974. The third-order valence-corrected chi connectivity index (χ3v) is 2.31. The number of rotatable bonds is 4. The fourth-order valence-electron chi connectivity index (χ4n) is 1.47. The highest BCUT2D eigenvalue weighted by Gasteiger charge is 2.15. The van der Waals surface area contributed by atoms with Gasteiger partial charge in [0.05, 0.1) is 12.7 Å². The largest absolute Gasteiger partial charge is 0.332 e. The highest BCUT2D eigenvalue weighted by Crippen LogP contribution is 2.17. The van der Waals surface area contributed by atoms with Crippen molar-refractivity contribution in [2.75, 3.05) is 6.54 Å². The molecule has 0 bridgehead atoms. The number of aromatic nitrogens is 7. The van der Waals surface area contributed by atoms with Crippen LogP contribution in [-0.4, -0.2) is 41.6 Å². The Morgan fingerprint density at radius 1 is 1.21 bits per heavy atom. The number of hydrogen-bond donors (Lipinski definition) is 1. The molecule has 3 aromatic rings. The summed E-state index contributed by atoms with van der Waals surface area (Å²) in [6.07, 6.45) is 4.90. The van der Waals surface area contributed by atoms with Gasteiger partial charge in [-0.2, -0.15) is 4.98 Å². The molecule has 0 spiro atoms. The average molecular weight is 258 g/mol. The molecule has 0 saturated heterocycles. The second-order valence-corrected chi connectivity index (χ2v) is 3.65. The molecule has 2 N–H and O–H groups in total. The Labute approximate surface area is 107 Å². The highest BCUT2D eigenvalue weighted by molar-refractivity contribution is 5.49. The molecule has 3 heterocycles. The van der Waals surface area contributed by atoms with Crippen molar-refractivity contribution in [3.63, 3.8) is 0 Å². The van der Waals surface area contributed by atoms with Gasteiger partial charge >= 0.3 is 0 Å². The zero-order valence-electron chi connectivity index (χ0n) is 9.84. The van der Waals surface area contributed by atoms with Gasteiger partial charge in [-0.3, -0.25) is 4.68 Å². The van der Waals surface area contributed by atoms with Crippen LogP contribution in [0.5, 0.6) is 0 Å². The van der Waals surface area contributed by atoms with Crippen LogP contribution in [-0.2, 0) is 6.54 Å². The molecule has 96 valence electrons. The van der Waals surface area contributed by atoms with E-state index < -0.39 is 0 Å². The van der Waals surface area contributed by atoms with Crippen molar-refractivity contribution < 1.29 is 4.52 Å². The molecule has 9 nitrogen and oxygen atoms in total. The number of hydrogen-bond acceptors (Lipinski definition) is 8. The standard InChI is InChI=1S/C10H10N8O/c11-2-5-18-6-7(15-17-18)10-14-9(16-19-10)8-12-3-1-4-13-8/h1,3-4,6H,2,5,11H2. The Bertz CT molecular complexity index is 661. The van der Waals surface area contributed by atoms with E-state index in [0.29, 0.717) is 30.4 Å². The average Bonchev–Trinajstić information content (AvgIpc) is 3.08. The summed E-state index contributed by atoms with van der Waals surface area (Å²) in [6, 6.07) is 1.71. The normalized spacial score (nSPS) is 10.8. The molecular weight excluding hydrogens is 248 g/mol. The van der Waals surface area contributed by atoms with Crippen LogP contribution >= 0.6 is 0 Å². The van der Waals surface area contributed by atoms with E-state index in [1.807, 2.05) is 0 Å². The van der Waals surface area contributed by atoms with Crippen LogP contribution in [0, 0.1) is 0 Å². The molecular formula is C10H10N8O. The second kappa shape index (κ2) is 4.90. The van der Waals surface area contributed by atoms with E-state index in [1.54, 1.807) is 29.3 Å². The van der Waals surface area contributed by atoms with E-state index >= 15 is 0 Å². The lowest BCUT2D eigenvalue weighted by Gasteiger charge is -1.91. The monoisotopic (exact) mass is 258 g/mol. The van der Waals surface area contributed by atoms with Crippen LogP contribution in [0.15, 0.2) is 29.2 Å². The summed E-state index contributed by atoms with van der Waals surface area (Å²) in [4.78, 5) is 12.2. The maximum Gasteiger partial charge on any atom is 0.280 e. The van der Waals surface area contributed by atoms with Gasteiger partial charge in [0.15, 0.2) is 5.69 Å². The summed E-state index contributed by atoms with van der Waals surface area (Å²) in [6.45, 7) is 1.06. The van der Waals surface area contributed by atoms with Crippen molar-refractivity contribution in [1.29, 1.82) is 0 Å². The van der Waals surface area contributed by atoms with Crippen LogP contribution in [0.2, 0.25) is 0 Å². The van der Waals surface area contributed by atoms with Gasteiger partial charge in [0, 0.05) is 18.9 Å². The predicted octanol–water partition coefficient (Wildman–Crippen LogP) is -0.256. The minimum Gasteiger partial charge on any atom is -0.332 e. The molecule has 3 rings (SSSR count). The van der Waals surface area contributed by atoms with Crippen molar-refractivity contribution in [2.45, 2.75) is 6.54 Å². The van der Waals surface area contributed by atoms with Gasteiger partial charge in [0.2, 0.25) is 11.6 Å². The van der Waals surface area contributed by atoms with Crippen molar-refractivity contribution in [3.05, 3.63) is 24.7 Å². The molecule has 0 radical (unpaired) electrons. The van der Waals surface area contributed by atoms with Gasteiger partial charge in [-0.05, 0) is 6.07 Å². The molecule has 19 heavy (non-hydrogen) atoms. The Balaban J connectivity index is 1.88. The lowest BCUT2D eigenvalue weighted by atomic mass is 10.4. The van der Waals surface area contributed by atoms with Crippen molar-refractivity contribution in [3.8, 4) is 23.2 Å². The molecule has 0 aliphatic rings. The Hall–Kier alpha value is -2.68. The first-order valence-electron chi connectivity index (χ1n) is 5.58. The zero-order chi connectivity index (χ0) is 13.1. The maximum atomic E-state index is 5.43. The third-order valence-electron chi connectivity index (χ3n) is 2.31. The van der Waals surface area contributed by atoms with Crippen LogP contribution in [0.3, 0.4) is 0 Å². The van der Waals surface area contributed by atoms with E-state index in [9.17, 15) is 0 Å². The van der Waals surface area contributed by atoms with E-state index in [0.717, 1.165) is 0 Å². The molecule has 0 saturated carbocycles. The van der Waals surface area contributed by atoms with E-state index in [4.69, 9.17) is 10.3 Å². The predicted molar refractivity (Wildman–Crippen MR) is 63.4 cm³/mol. The van der Waals surface area contributed by atoms with Crippen molar-refractivity contribution in [1.82, 2.24) is 35.1 Å². The first-order valence-corrected chi connectivity index (χ1v) is 5.58. The molecule has 3 aromatic heterocycles. The zero-order valence-corrected chi connectivity index (χ0v) is 9.84. The molecule has 0 amide bonds. The summed E-state index contributed by atoms with van der Waals surface area (Å²) >= 11 is 0. The lowest BCUT2D eigenvalue weighted by Crippen LogP contribution is -2.10. The molecule has 0 aliphatic heterocycles. The van der Waals surface area contributed by atoms with Crippen LogP contribution in [0.25, 0.3) is 23.2 Å². The van der Waals surface area contributed by atoms with Gasteiger partial charge in [0.25, 0.3) is 5.89 Å². The van der Waals surface area contributed by atoms with Crippen LogP contribution in [0.1, 0.15) is 0 Å². The fourth-order valence-corrected chi connectivity index (χ4v) is 1.47. The molecule has 9 heteroatoms. The number of nitrogens with two attached hydrogens (primary N) is 1. The summed E-state index contributed by atoms with van der Waals surface area (Å²) < 4.78 is 6.72. The Kier molecular flexibility index (Phi) is 2.94. The van der Waals surface area contributed by atoms with Gasteiger partial charge in [-0.1, -0.05) is 10.4 Å². The molecule has 0 unspecified atom stereocenters. The molecule has 0 fully saturated rings. The van der Waals surface area contributed by atoms with Gasteiger partial charge < -0.3 is 10.3 Å². The van der Waals surface area contributed by atoms with Crippen molar-refractivity contribution in [2.24, 2.45) is 5.73 Å². The van der Waals surface area contributed by atoms with E-state index in [1.165, 1.54) is 0 Å². The third kappa shape index (κ3) is 2.31. The maximum absolute atomic E-state index is 5.43. The second-order valence-electron chi connectivity index (χ2n) is 3.65.